The van der Waals surface area contributed by atoms with Crippen molar-refractivity contribution in [1.29, 1.82) is 0 Å². The average molecular weight is 295 g/mol. The Kier molecular flexibility index (Phi) is 2.85. The number of carboxylic acids is 1. The zero-order valence-electron chi connectivity index (χ0n) is 7.40. The molecule has 15 heavy (non-hydrogen) atoms. The summed E-state index contributed by atoms with van der Waals surface area (Å²) in [5.74, 6) is -0.462. The molecule has 0 spiro atoms. The van der Waals surface area contributed by atoms with Crippen molar-refractivity contribution in [3.05, 3.63) is 8.66 Å². The van der Waals surface area contributed by atoms with Crippen LogP contribution in [0.15, 0.2) is 3.79 Å². The molecule has 1 aliphatic heterocycles. The van der Waals surface area contributed by atoms with Crippen LogP contribution < -0.4 is 9.47 Å². The van der Waals surface area contributed by atoms with Crippen molar-refractivity contribution >= 4 is 33.2 Å². The van der Waals surface area contributed by atoms with Crippen molar-refractivity contribution in [2.45, 2.75) is 6.10 Å². The molecule has 82 valence electrons. The van der Waals surface area contributed by atoms with Gasteiger partial charge in [0.25, 0.3) is 0 Å². The molecule has 0 radical (unpaired) electrons. The van der Waals surface area contributed by atoms with Crippen molar-refractivity contribution < 1.29 is 24.5 Å². The number of fused-ring (bicyclic) bond motifs is 1. The smallest absolute Gasteiger partial charge is 0.349 e. The number of aliphatic hydroxyl groups excluding tert-OH is 1. The van der Waals surface area contributed by atoms with E-state index in [2.05, 4.69) is 15.9 Å². The lowest BCUT2D eigenvalue weighted by molar-refractivity contribution is 0.0433. The van der Waals surface area contributed by atoms with Gasteiger partial charge in [0, 0.05) is 0 Å². The number of hydrogen-bond acceptors (Lipinski definition) is 5. The average Bonchev–Trinajstić information content (AvgIpc) is 2.56. The number of aliphatic hydroxyl groups is 1. The SMILES string of the molecule is O=C(O)c1sc(Br)c2c1OC(CO)CO2. The van der Waals surface area contributed by atoms with E-state index in [1.807, 2.05) is 0 Å². The monoisotopic (exact) mass is 294 g/mol. The fraction of sp³-hybridized carbons (Fsp3) is 0.375. The Labute approximate surface area is 97.4 Å². The third kappa shape index (κ3) is 1.82. The van der Waals surface area contributed by atoms with Gasteiger partial charge < -0.3 is 19.7 Å². The van der Waals surface area contributed by atoms with E-state index in [0.29, 0.717) is 9.54 Å². The molecule has 0 bridgehead atoms. The van der Waals surface area contributed by atoms with Crippen LogP contribution >= 0.6 is 27.3 Å². The molecule has 1 atom stereocenters. The Morgan fingerprint density at radius 2 is 2.33 bits per heavy atom. The van der Waals surface area contributed by atoms with Crippen molar-refractivity contribution in [3.63, 3.8) is 0 Å². The first-order valence-corrected chi connectivity index (χ1v) is 5.70. The zero-order valence-corrected chi connectivity index (χ0v) is 9.80. The Hall–Kier alpha value is -0.790. The number of ether oxygens (including phenoxy) is 2. The summed E-state index contributed by atoms with van der Waals surface area (Å²) in [5, 5.41) is 17.8. The second kappa shape index (κ2) is 3.99. The molecule has 1 aromatic heterocycles. The van der Waals surface area contributed by atoms with Crippen LogP contribution in [0, 0.1) is 0 Å². The molecule has 5 nitrogen and oxygen atoms in total. The molecule has 0 saturated carbocycles. The third-order valence-corrected chi connectivity index (χ3v) is 3.65. The minimum absolute atomic E-state index is 0.0787. The number of aromatic carboxylic acids is 1. The van der Waals surface area contributed by atoms with Crippen LogP contribution in [-0.4, -0.2) is 35.5 Å². The Morgan fingerprint density at radius 3 is 2.93 bits per heavy atom. The summed E-state index contributed by atoms with van der Waals surface area (Å²) < 4.78 is 11.2. The third-order valence-electron chi connectivity index (χ3n) is 1.88. The van der Waals surface area contributed by atoms with Gasteiger partial charge in [-0.1, -0.05) is 0 Å². The summed E-state index contributed by atoms with van der Waals surface area (Å²) in [6, 6.07) is 0. The molecule has 0 saturated heterocycles. The number of halogens is 1. The number of rotatable bonds is 2. The topological polar surface area (TPSA) is 76.0 Å². The van der Waals surface area contributed by atoms with E-state index >= 15 is 0 Å². The normalized spacial score (nSPS) is 18.9. The van der Waals surface area contributed by atoms with Crippen LogP contribution in [0.25, 0.3) is 0 Å². The first-order chi connectivity index (χ1) is 7.13. The van der Waals surface area contributed by atoms with E-state index in [4.69, 9.17) is 19.7 Å². The molecule has 0 amide bonds. The van der Waals surface area contributed by atoms with E-state index in [1.165, 1.54) is 0 Å². The molecule has 0 aliphatic carbocycles. The number of hydrogen-bond donors (Lipinski definition) is 2. The summed E-state index contributed by atoms with van der Waals surface area (Å²) in [5.41, 5.74) is 0. The van der Waals surface area contributed by atoms with Crippen molar-refractivity contribution in [2.24, 2.45) is 0 Å². The lowest BCUT2D eigenvalue weighted by Gasteiger charge is -2.23. The molecule has 7 heteroatoms. The highest BCUT2D eigenvalue weighted by atomic mass is 79.9. The molecule has 2 N–H and O–H groups in total. The number of thiophene rings is 1. The molecule has 0 fully saturated rings. The number of carbonyl (C=O) groups is 1. The minimum Gasteiger partial charge on any atom is -0.484 e. The summed E-state index contributed by atoms with van der Waals surface area (Å²) in [6.07, 6.45) is -0.503. The first-order valence-electron chi connectivity index (χ1n) is 4.09. The summed E-state index contributed by atoms with van der Waals surface area (Å²) in [6.45, 7) is 0.0177. The van der Waals surface area contributed by atoms with Gasteiger partial charge in [-0.25, -0.2) is 4.79 Å². The van der Waals surface area contributed by atoms with E-state index in [-0.39, 0.29) is 23.8 Å². The maximum absolute atomic E-state index is 10.9. The van der Waals surface area contributed by atoms with Gasteiger partial charge in [-0.05, 0) is 15.9 Å². The molecule has 1 aliphatic rings. The second-order valence-corrected chi connectivity index (χ2v) is 5.24. The molecular weight excluding hydrogens is 288 g/mol. The van der Waals surface area contributed by atoms with Gasteiger partial charge in [0.2, 0.25) is 0 Å². The van der Waals surface area contributed by atoms with Crippen molar-refractivity contribution in [1.82, 2.24) is 0 Å². The zero-order chi connectivity index (χ0) is 11.0. The predicted molar refractivity (Wildman–Crippen MR) is 56.0 cm³/mol. The molecule has 2 heterocycles. The summed E-state index contributed by atoms with van der Waals surface area (Å²) in [4.78, 5) is 11.0. The minimum atomic E-state index is -1.07. The van der Waals surface area contributed by atoms with Crippen LogP contribution in [0.1, 0.15) is 9.67 Å². The van der Waals surface area contributed by atoms with Crippen molar-refractivity contribution in [2.75, 3.05) is 13.2 Å². The highest BCUT2D eigenvalue weighted by Crippen LogP contribution is 2.47. The van der Waals surface area contributed by atoms with Gasteiger partial charge in [0.05, 0.1) is 6.61 Å². The van der Waals surface area contributed by atoms with Gasteiger partial charge >= 0.3 is 5.97 Å². The highest BCUT2D eigenvalue weighted by molar-refractivity contribution is 9.11. The molecule has 0 aromatic carbocycles. The maximum Gasteiger partial charge on any atom is 0.349 e. The van der Waals surface area contributed by atoms with Crippen LogP contribution in [0.2, 0.25) is 0 Å². The van der Waals surface area contributed by atoms with E-state index in [9.17, 15) is 4.79 Å². The second-order valence-electron chi connectivity index (χ2n) is 2.90. The van der Waals surface area contributed by atoms with Crippen LogP contribution in [0.4, 0.5) is 0 Å². The van der Waals surface area contributed by atoms with Crippen LogP contribution in [-0.2, 0) is 0 Å². The Balaban J connectivity index is 2.41. The maximum atomic E-state index is 10.9. The largest absolute Gasteiger partial charge is 0.484 e. The van der Waals surface area contributed by atoms with E-state index < -0.39 is 12.1 Å². The highest BCUT2D eigenvalue weighted by Gasteiger charge is 2.30. The van der Waals surface area contributed by atoms with Gasteiger partial charge in [0.1, 0.15) is 10.4 Å². The van der Waals surface area contributed by atoms with Crippen LogP contribution in [0.3, 0.4) is 0 Å². The number of carboxylic acid groups (broad SMARTS) is 1. The van der Waals surface area contributed by atoms with Gasteiger partial charge in [-0.3, -0.25) is 0 Å². The summed E-state index contributed by atoms with van der Waals surface area (Å²) in [7, 11) is 0. The molecule has 2 rings (SSSR count). The van der Waals surface area contributed by atoms with E-state index in [0.717, 1.165) is 11.3 Å². The van der Waals surface area contributed by atoms with Crippen LogP contribution in [0.5, 0.6) is 11.5 Å². The molecule has 1 aromatic rings. The standard InChI is InChI=1S/C8H7BrO5S/c9-7-5-4(6(15-7)8(11)12)14-3(1-10)2-13-5/h3,10H,1-2H2,(H,11,12). The fourth-order valence-corrected chi connectivity index (χ4v) is 2.74. The van der Waals surface area contributed by atoms with Gasteiger partial charge in [0.15, 0.2) is 22.5 Å². The van der Waals surface area contributed by atoms with Gasteiger partial charge in [-0.2, -0.15) is 0 Å². The lowest BCUT2D eigenvalue weighted by Crippen LogP contribution is -2.32. The van der Waals surface area contributed by atoms with E-state index in [1.54, 1.807) is 0 Å². The van der Waals surface area contributed by atoms with Gasteiger partial charge in [-0.15, -0.1) is 11.3 Å². The summed E-state index contributed by atoms with van der Waals surface area (Å²) >= 11 is 4.24. The van der Waals surface area contributed by atoms with Crippen molar-refractivity contribution in [3.8, 4) is 11.5 Å². The Morgan fingerprint density at radius 1 is 1.60 bits per heavy atom. The Bertz CT molecular complexity index is 402. The lowest BCUT2D eigenvalue weighted by atomic mass is 10.3. The fourth-order valence-electron chi connectivity index (χ4n) is 1.21. The predicted octanol–water partition coefficient (Wildman–Crippen LogP) is 1.34. The quantitative estimate of drug-likeness (QED) is 0.861. The molecule has 1 unspecified atom stereocenters. The first kappa shape index (κ1) is 10.7. The molecular formula is C8H7BrO5S.